The average Bonchev–Trinajstić information content (AvgIpc) is 2.85. The first-order chi connectivity index (χ1) is 8.95. The molecule has 0 fully saturated rings. The van der Waals surface area contributed by atoms with E-state index in [1.54, 1.807) is 16.9 Å². The van der Waals surface area contributed by atoms with Gasteiger partial charge in [-0.1, -0.05) is 32.1 Å². The smallest absolute Gasteiger partial charge is 0.235 e. The Kier molecular flexibility index (Phi) is 2.53. The lowest BCUT2D eigenvalue weighted by Gasteiger charge is -2.13. The highest BCUT2D eigenvalue weighted by Crippen LogP contribution is 2.28. The van der Waals surface area contributed by atoms with Gasteiger partial charge in [0.15, 0.2) is 5.82 Å². The largest absolute Gasteiger partial charge is 0.397 e. The molecule has 3 aromatic heterocycles. The van der Waals surface area contributed by atoms with Crippen molar-refractivity contribution >= 4 is 22.0 Å². The van der Waals surface area contributed by atoms with Crippen LogP contribution in [0.5, 0.6) is 0 Å². The predicted octanol–water partition coefficient (Wildman–Crippen LogP) is 2.13. The van der Waals surface area contributed by atoms with Crippen LogP contribution in [0.25, 0.3) is 15.5 Å². The van der Waals surface area contributed by atoms with Crippen LogP contribution in [0, 0.1) is 0 Å². The lowest BCUT2D eigenvalue weighted by molar-refractivity contribution is 0.528. The Morgan fingerprint density at radius 2 is 2.00 bits per heavy atom. The number of nitrogens with zero attached hydrogens (tertiary/aromatic N) is 5. The molecule has 0 aliphatic rings. The molecule has 0 unspecified atom stereocenters. The van der Waals surface area contributed by atoms with Crippen molar-refractivity contribution in [2.24, 2.45) is 0 Å². The molecule has 0 aliphatic carbocycles. The zero-order valence-electron chi connectivity index (χ0n) is 11.0. The van der Waals surface area contributed by atoms with E-state index in [-0.39, 0.29) is 5.41 Å². The normalized spacial score (nSPS) is 12.2. The summed E-state index contributed by atoms with van der Waals surface area (Å²) in [7, 11) is 0. The van der Waals surface area contributed by atoms with Crippen molar-refractivity contribution < 1.29 is 0 Å². The Morgan fingerprint density at radius 1 is 1.21 bits per heavy atom. The third kappa shape index (κ3) is 2.06. The topological polar surface area (TPSA) is 82.0 Å². The van der Waals surface area contributed by atoms with Crippen LogP contribution in [0.2, 0.25) is 0 Å². The van der Waals surface area contributed by atoms with Crippen molar-refractivity contribution in [1.82, 2.24) is 24.8 Å². The van der Waals surface area contributed by atoms with Gasteiger partial charge >= 0.3 is 0 Å². The molecule has 3 aromatic rings. The maximum absolute atomic E-state index is 5.74. The summed E-state index contributed by atoms with van der Waals surface area (Å²) in [5, 5.41) is 13.8. The average molecular weight is 274 g/mol. The molecule has 0 bridgehead atoms. The number of rotatable bonds is 1. The Labute approximate surface area is 114 Å². The molecule has 3 heterocycles. The molecule has 0 atom stereocenters. The molecule has 6 nitrogen and oxygen atoms in total. The standard InChI is InChI=1S/C12H14N6S/c1-12(2,3)10-15-16-11-18(10)17-9(19-11)7-4-8(13)6-14-5-7/h4-6H,13H2,1-3H3. The summed E-state index contributed by atoms with van der Waals surface area (Å²) >= 11 is 1.48. The number of aromatic nitrogens is 5. The first kappa shape index (κ1) is 12.0. The van der Waals surface area contributed by atoms with Crippen LogP contribution in [0.4, 0.5) is 5.69 Å². The van der Waals surface area contributed by atoms with Gasteiger partial charge in [0, 0.05) is 23.4 Å². The van der Waals surface area contributed by atoms with Crippen LogP contribution in [0.15, 0.2) is 18.5 Å². The summed E-state index contributed by atoms with van der Waals surface area (Å²) in [6.07, 6.45) is 3.36. The van der Waals surface area contributed by atoms with Gasteiger partial charge in [0.1, 0.15) is 5.01 Å². The first-order valence-corrected chi connectivity index (χ1v) is 6.70. The van der Waals surface area contributed by atoms with Gasteiger partial charge in [0.25, 0.3) is 0 Å². The van der Waals surface area contributed by atoms with Gasteiger partial charge in [0.05, 0.1) is 5.69 Å². The van der Waals surface area contributed by atoms with Crippen LogP contribution in [-0.2, 0) is 5.41 Å². The molecule has 0 radical (unpaired) electrons. The number of hydrogen-bond acceptors (Lipinski definition) is 6. The zero-order chi connectivity index (χ0) is 13.6. The molecule has 7 heteroatoms. The van der Waals surface area contributed by atoms with Crippen molar-refractivity contribution in [2.45, 2.75) is 26.2 Å². The van der Waals surface area contributed by atoms with Crippen LogP contribution >= 0.6 is 11.3 Å². The minimum Gasteiger partial charge on any atom is -0.397 e. The number of hydrogen-bond donors (Lipinski definition) is 1. The second kappa shape index (κ2) is 3.99. The van der Waals surface area contributed by atoms with Crippen molar-refractivity contribution in [3.8, 4) is 10.6 Å². The lowest BCUT2D eigenvalue weighted by atomic mass is 9.96. The van der Waals surface area contributed by atoms with E-state index in [9.17, 15) is 0 Å². The molecule has 3 rings (SSSR count). The SMILES string of the molecule is CC(C)(C)c1nnc2sc(-c3cncc(N)c3)nn12. The Morgan fingerprint density at radius 3 is 2.68 bits per heavy atom. The van der Waals surface area contributed by atoms with Gasteiger partial charge in [-0.05, 0) is 6.07 Å². The number of nitrogen functional groups attached to an aromatic ring is 1. The molecule has 19 heavy (non-hydrogen) atoms. The fourth-order valence-corrected chi connectivity index (χ4v) is 2.60. The van der Waals surface area contributed by atoms with Crippen molar-refractivity contribution in [3.63, 3.8) is 0 Å². The number of pyridine rings is 1. The van der Waals surface area contributed by atoms with Crippen molar-refractivity contribution in [2.75, 3.05) is 5.73 Å². The van der Waals surface area contributed by atoms with Crippen molar-refractivity contribution in [1.29, 1.82) is 0 Å². The second-order valence-corrected chi connectivity index (χ2v) is 6.34. The summed E-state index contributed by atoms with van der Waals surface area (Å²) in [5.74, 6) is 0.849. The zero-order valence-corrected chi connectivity index (χ0v) is 11.8. The maximum atomic E-state index is 5.74. The number of fused-ring (bicyclic) bond motifs is 1. The molecule has 98 valence electrons. The van der Waals surface area contributed by atoms with E-state index in [4.69, 9.17) is 5.73 Å². The number of anilines is 1. The highest BCUT2D eigenvalue weighted by atomic mass is 32.1. The predicted molar refractivity (Wildman–Crippen MR) is 75.0 cm³/mol. The minimum absolute atomic E-state index is 0.0985. The van der Waals surface area contributed by atoms with Crippen LogP contribution in [-0.4, -0.2) is 24.8 Å². The van der Waals surface area contributed by atoms with Gasteiger partial charge in [-0.3, -0.25) is 4.98 Å². The van der Waals surface area contributed by atoms with Crippen LogP contribution in [0.3, 0.4) is 0 Å². The molecule has 0 amide bonds. The van der Waals surface area contributed by atoms with Gasteiger partial charge in [-0.2, -0.15) is 9.61 Å². The molecule has 2 N–H and O–H groups in total. The maximum Gasteiger partial charge on any atom is 0.235 e. The monoisotopic (exact) mass is 274 g/mol. The van der Waals surface area contributed by atoms with Crippen molar-refractivity contribution in [3.05, 3.63) is 24.3 Å². The van der Waals surface area contributed by atoms with Gasteiger partial charge in [-0.15, -0.1) is 10.2 Å². The van der Waals surface area contributed by atoms with E-state index in [1.165, 1.54) is 11.3 Å². The summed E-state index contributed by atoms with van der Waals surface area (Å²) in [4.78, 5) is 4.86. The molecule has 0 saturated carbocycles. The third-order valence-corrected chi connectivity index (χ3v) is 3.62. The summed E-state index contributed by atoms with van der Waals surface area (Å²) < 4.78 is 1.79. The van der Waals surface area contributed by atoms with Gasteiger partial charge in [0.2, 0.25) is 4.96 Å². The highest BCUT2D eigenvalue weighted by molar-refractivity contribution is 7.19. The molecular weight excluding hydrogens is 260 g/mol. The molecular formula is C12H14N6S. The van der Waals surface area contributed by atoms with E-state index in [0.717, 1.165) is 21.4 Å². The fourth-order valence-electron chi connectivity index (χ4n) is 1.78. The summed E-state index contributed by atoms with van der Waals surface area (Å²) in [5.41, 5.74) is 7.17. The van der Waals surface area contributed by atoms with E-state index >= 15 is 0 Å². The molecule has 0 aromatic carbocycles. The second-order valence-electron chi connectivity index (χ2n) is 5.38. The Hall–Kier alpha value is -2.02. The number of nitrogens with two attached hydrogens (primary N) is 1. The molecule has 0 spiro atoms. The molecule has 0 aliphatic heterocycles. The Balaban J connectivity index is 2.15. The third-order valence-electron chi connectivity index (χ3n) is 2.67. The van der Waals surface area contributed by atoms with E-state index in [2.05, 4.69) is 41.1 Å². The van der Waals surface area contributed by atoms with Gasteiger partial charge in [-0.25, -0.2) is 0 Å². The van der Waals surface area contributed by atoms with Crippen LogP contribution in [0.1, 0.15) is 26.6 Å². The highest BCUT2D eigenvalue weighted by Gasteiger charge is 2.23. The van der Waals surface area contributed by atoms with E-state index in [1.807, 2.05) is 6.07 Å². The minimum atomic E-state index is -0.0985. The Bertz CT molecular complexity index is 736. The fraction of sp³-hybridized carbons (Fsp3) is 0.333. The summed E-state index contributed by atoms with van der Waals surface area (Å²) in [6.45, 7) is 6.26. The quantitative estimate of drug-likeness (QED) is 0.735. The van der Waals surface area contributed by atoms with Crippen LogP contribution < -0.4 is 5.73 Å². The first-order valence-electron chi connectivity index (χ1n) is 5.89. The summed E-state index contributed by atoms with van der Waals surface area (Å²) in [6, 6.07) is 1.86. The molecule has 0 saturated heterocycles. The van der Waals surface area contributed by atoms with E-state index < -0.39 is 0 Å². The van der Waals surface area contributed by atoms with E-state index in [0.29, 0.717) is 5.69 Å². The van der Waals surface area contributed by atoms with Gasteiger partial charge < -0.3 is 5.73 Å². The lowest BCUT2D eigenvalue weighted by Crippen LogP contribution is -2.16.